The number of aromatic nitrogens is 3. The Kier molecular flexibility index (Phi) is 4.13. The van der Waals surface area contributed by atoms with E-state index in [9.17, 15) is 0 Å². The highest BCUT2D eigenvalue weighted by Crippen LogP contribution is 2.13. The van der Waals surface area contributed by atoms with Crippen LogP contribution in [0.15, 0.2) is 0 Å². The summed E-state index contributed by atoms with van der Waals surface area (Å²) in [6, 6.07) is 0. The van der Waals surface area contributed by atoms with Crippen LogP contribution in [0.1, 0.15) is 38.3 Å². The second-order valence-electron chi connectivity index (χ2n) is 3.26. The van der Waals surface area contributed by atoms with Gasteiger partial charge in [-0.2, -0.15) is 21.7 Å². The fourth-order valence-corrected chi connectivity index (χ4v) is 1.49. The SMILES string of the molecule is CCSCc1nc(N)nc(C(C)C)n1. The second-order valence-corrected chi connectivity index (χ2v) is 4.53. The summed E-state index contributed by atoms with van der Waals surface area (Å²) in [5.74, 6) is 4.06. The van der Waals surface area contributed by atoms with Gasteiger partial charge in [-0.25, -0.2) is 4.98 Å². The van der Waals surface area contributed by atoms with Crippen LogP contribution in [0.3, 0.4) is 0 Å². The van der Waals surface area contributed by atoms with Crippen LogP contribution in [0.5, 0.6) is 0 Å². The maximum Gasteiger partial charge on any atom is 0.223 e. The van der Waals surface area contributed by atoms with Crippen molar-refractivity contribution in [2.24, 2.45) is 0 Å². The molecule has 0 amide bonds. The molecular weight excluding hydrogens is 196 g/mol. The third-order valence-corrected chi connectivity index (χ3v) is 2.54. The molecule has 1 aromatic rings. The predicted octanol–water partition coefficient (Wildman–Crippen LogP) is 1.83. The van der Waals surface area contributed by atoms with Gasteiger partial charge in [0.1, 0.15) is 11.6 Å². The first kappa shape index (κ1) is 11.2. The fraction of sp³-hybridized carbons (Fsp3) is 0.667. The van der Waals surface area contributed by atoms with Gasteiger partial charge in [0.15, 0.2) is 0 Å². The third kappa shape index (κ3) is 3.14. The first-order valence-corrected chi connectivity index (χ1v) is 5.87. The molecular formula is C9H16N4S. The maximum atomic E-state index is 5.60. The van der Waals surface area contributed by atoms with Crippen molar-refractivity contribution in [3.63, 3.8) is 0 Å². The number of rotatable bonds is 4. The van der Waals surface area contributed by atoms with E-state index in [2.05, 4.69) is 21.9 Å². The van der Waals surface area contributed by atoms with Crippen molar-refractivity contribution >= 4 is 17.7 Å². The van der Waals surface area contributed by atoms with Crippen molar-refractivity contribution in [1.82, 2.24) is 15.0 Å². The quantitative estimate of drug-likeness (QED) is 0.825. The zero-order valence-electron chi connectivity index (χ0n) is 8.82. The smallest absolute Gasteiger partial charge is 0.223 e. The minimum Gasteiger partial charge on any atom is -0.368 e. The van der Waals surface area contributed by atoms with Gasteiger partial charge in [-0.05, 0) is 5.75 Å². The van der Waals surface area contributed by atoms with E-state index in [-0.39, 0.29) is 0 Å². The van der Waals surface area contributed by atoms with Crippen LogP contribution in [0.4, 0.5) is 5.95 Å². The molecule has 2 N–H and O–H groups in total. The lowest BCUT2D eigenvalue weighted by atomic mass is 10.2. The number of anilines is 1. The second kappa shape index (κ2) is 5.14. The molecule has 0 saturated carbocycles. The summed E-state index contributed by atoms with van der Waals surface area (Å²) in [7, 11) is 0. The molecule has 5 heteroatoms. The van der Waals surface area contributed by atoms with Crippen molar-refractivity contribution in [2.45, 2.75) is 32.4 Å². The Morgan fingerprint density at radius 1 is 1.29 bits per heavy atom. The molecule has 0 bridgehead atoms. The average Bonchev–Trinajstić information content (AvgIpc) is 2.14. The monoisotopic (exact) mass is 212 g/mol. The van der Waals surface area contributed by atoms with Crippen molar-refractivity contribution in [1.29, 1.82) is 0 Å². The molecule has 4 nitrogen and oxygen atoms in total. The highest BCUT2D eigenvalue weighted by atomic mass is 32.2. The zero-order chi connectivity index (χ0) is 10.6. The topological polar surface area (TPSA) is 64.7 Å². The lowest BCUT2D eigenvalue weighted by Gasteiger charge is -2.06. The van der Waals surface area contributed by atoms with Crippen LogP contribution in [-0.4, -0.2) is 20.7 Å². The van der Waals surface area contributed by atoms with Gasteiger partial charge in [0.2, 0.25) is 5.95 Å². The lowest BCUT2D eigenvalue weighted by molar-refractivity contribution is 0.749. The zero-order valence-corrected chi connectivity index (χ0v) is 9.64. The normalized spacial score (nSPS) is 10.9. The van der Waals surface area contributed by atoms with E-state index < -0.39 is 0 Å². The molecule has 1 rings (SSSR count). The first-order chi connectivity index (χ1) is 6.63. The Hall–Kier alpha value is -0.840. The van der Waals surface area contributed by atoms with Gasteiger partial charge in [0.25, 0.3) is 0 Å². The molecule has 0 aliphatic rings. The van der Waals surface area contributed by atoms with Gasteiger partial charge in [-0.1, -0.05) is 20.8 Å². The number of nitrogen functional groups attached to an aromatic ring is 1. The van der Waals surface area contributed by atoms with E-state index in [1.807, 2.05) is 13.8 Å². The number of nitrogens with zero attached hydrogens (tertiary/aromatic N) is 3. The van der Waals surface area contributed by atoms with E-state index in [0.29, 0.717) is 11.9 Å². The van der Waals surface area contributed by atoms with Gasteiger partial charge >= 0.3 is 0 Å². The minimum atomic E-state index is 0.297. The molecule has 0 spiro atoms. The van der Waals surface area contributed by atoms with Crippen LogP contribution in [0.2, 0.25) is 0 Å². The summed E-state index contributed by atoms with van der Waals surface area (Å²) in [6.45, 7) is 6.20. The Morgan fingerprint density at radius 3 is 2.57 bits per heavy atom. The Labute approximate surface area is 88.7 Å². The van der Waals surface area contributed by atoms with Crippen LogP contribution < -0.4 is 5.73 Å². The van der Waals surface area contributed by atoms with Gasteiger partial charge in [-0.3, -0.25) is 0 Å². The standard InChI is InChI=1S/C9H16N4S/c1-4-14-5-7-11-8(6(2)3)13-9(10)12-7/h6H,4-5H2,1-3H3,(H2,10,11,12,13). The van der Waals surface area contributed by atoms with Crippen molar-refractivity contribution in [3.05, 3.63) is 11.6 Å². The third-order valence-electron chi connectivity index (χ3n) is 1.67. The molecule has 1 aromatic heterocycles. The van der Waals surface area contributed by atoms with Crippen LogP contribution in [0.25, 0.3) is 0 Å². The van der Waals surface area contributed by atoms with Crippen molar-refractivity contribution in [2.75, 3.05) is 11.5 Å². The molecule has 0 aromatic carbocycles. The highest BCUT2D eigenvalue weighted by molar-refractivity contribution is 7.98. The Balaban J connectivity index is 2.84. The number of nitrogens with two attached hydrogens (primary N) is 1. The summed E-state index contributed by atoms with van der Waals surface area (Å²) in [5, 5.41) is 0. The van der Waals surface area contributed by atoms with E-state index in [1.165, 1.54) is 0 Å². The number of hydrogen-bond donors (Lipinski definition) is 1. The van der Waals surface area contributed by atoms with Gasteiger partial charge in [0, 0.05) is 5.92 Å². The van der Waals surface area contributed by atoms with Gasteiger partial charge in [0.05, 0.1) is 5.75 Å². The molecule has 78 valence electrons. The molecule has 0 aliphatic carbocycles. The number of hydrogen-bond acceptors (Lipinski definition) is 5. The Morgan fingerprint density at radius 2 is 2.00 bits per heavy atom. The molecule has 0 unspecified atom stereocenters. The first-order valence-electron chi connectivity index (χ1n) is 4.71. The maximum absolute atomic E-state index is 5.60. The van der Waals surface area contributed by atoms with Crippen LogP contribution >= 0.6 is 11.8 Å². The molecule has 0 saturated heterocycles. The van der Waals surface area contributed by atoms with E-state index in [4.69, 9.17) is 5.73 Å². The van der Waals surface area contributed by atoms with Crippen molar-refractivity contribution in [3.8, 4) is 0 Å². The molecule has 0 fully saturated rings. The van der Waals surface area contributed by atoms with E-state index >= 15 is 0 Å². The molecule has 0 radical (unpaired) electrons. The molecule has 1 heterocycles. The lowest BCUT2D eigenvalue weighted by Crippen LogP contribution is -2.07. The van der Waals surface area contributed by atoms with Crippen LogP contribution in [-0.2, 0) is 5.75 Å². The number of thioether (sulfide) groups is 1. The largest absolute Gasteiger partial charge is 0.368 e. The summed E-state index contributed by atoms with van der Waals surface area (Å²) >= 11 is 1.78. The fourth-order valence-electron chi connectivity index (χ4n) is 0.973. The summed E-state index contributed by atoms with van der Waals surface area (Å²) < 4.78 is 0. The van der Waals surface area contributed by atoms with Gasteiger partial charge in [-0.15, -0.1) is 0 Å². The van der Waals surface area contributed by atoms with Crippen LogP contribution in [0, 0.1) is 0 Å². The average molecular weight is 212 g/mol. The summed E-state index contributed by atoms with van der Waals surface area (Å²) in [4.78, 5) is 12.5. The highest BCUT2D eigenvalue weighted by Gasteiger charge is 2.07. The molecule has 0 atom stereocenters. The minimum absolute atomic E-state index is 0.297. The molecule has 14 heavy (non-hydrogen) atoms. The van der Waals surface area contributed by atoms with Gasteiger partial charge < -0.3 is 5.73 Å². The van der Waals surface area contributed by atoms with E-state index in [0.717, 1.165) is 23.2 Å². The summed E-state index contributed by atoms with van der Waals surface area (Å²) in [5.41, 5.74) is 5.60. The predicted molar refractivity (Wildman–Crippen MR) is 60.2 cm³/mol. The summed E-state index contributed by atoms with van der Waals surface area (Å²) in [6.07, 6.45) is 0. The molecule has 0 aliphatic heterocycles. The van der Waals surface area contributed by atoms with Crippen molar-refractivity contribution < 1.29 is 0 Å². The Bertz CT molecular complexity index is 301. The van der Waals surface area contributed by atoms with E-state index in [1.54, 1.807) is 11.8 Å².